The molecule has 0 aliphatic heterocycles. The Bertz CT molecular complexity index is 113. The lowest BCUT2D eigenvalue weighted by molar-refractivity contribution is -0.923. The van der Waals surface area contributed by atoms with E-state index >= 15 is 0 Å². The Kier molecular flexibility index (Phi) is 13.0. The zero-order valence-corrected chi connectivity index (χ0v) is 12.8. The van der Waals surface area contributed by atoms with Gasteiger partial charge in [0.15, 0.2) is 0 Å². The average Bonchev–Trinajstić information content (AvgIpc) is 2.24. The van der Waals surface area contributed by atoms with Crippen LogP contribution in [0.5, 0.6) is 0 Å². The molecule has 0 bridgehead atoms. The summed E-state index contributed by atoms with van der Waals surface area (Å²) < 4.78 is 1.33. The number of hydrogen-bond acceptors (Lipinski definition) is 0. The van der Waals surface area contributed by atoms with Crippen LogP contribution in [-0.4, -0.2) is 30.7 Å². The van der Waals surface area contributed by atoms with E-state index in [1.54, 1.807) is 0 Å². The van der Waals surface area contributed by atoms with Crippen molar-refractivity contribution in [2.45, 2.75) is 59.8 Å². The Morgan fingerprint density at radius 2 is 1.13 bits per heavy atom. The topological polar surface area (TPSA) is 0 Å². The first-order chi connectivity index (χ1) is 6.74. The molecule has 1 nitrogen and oxygen atoms in total. The van der Waals surface area contributed by atoms with Gasteiger partial charge in [0.05, 0.1) is 26.2 Å². The van der Waals surface area contributed by atoms with E-state index in [0.717, 1.165) is 0 Å². The second-order valence-electron chi connectivity index (χ2n) is 4.43. The molecule has 0 aromatic heterocycles. The molecule has 0 N–H and O–H groups in total. The fourth-order valence-electron chi connectivity index (χ4n) is 2.20. The lowest BCUT2D eigenvalue weighted by Crippen LogP contribution is -3.00. The van der Waals surface area contributed by atoms with Crippen LogP contribution in [0.1, 0.15) is 59.8 Å². The van der Waals surface area contributed by atoms with Crippen molar-refractivity contribution < 1.29 is 21.5 Å². The van der Waals surface area contributed by atoms with Crippen molar-refractivity contribution in [3.8, 4) is 0 Å². The van der Waals surface area contributed by atoms with Crippen molar-refractivity contribution >= 4 is 0 Å². The number of nitrogens with zero attached hydrogens (tertiary/aromatic N) is 1. The van der Waals surface area contributed by atoms with Gasteiger partial charge in [-0.1, -0.05) is 26.2 Å². The molecule has 0 aromatic rings. The van der Waals surface area contributed by atoms with Gasteiger partial charge >= 0.3 is 0 Å². The molecule has 15 heavy (non-hydrogen) atoms. The number of unbranched alkanes of at least 4 members (excludes halogenated alkanes) is 4. The van der Waals surface area contributed by atoms with Gasteiger partial charge in [-0.05, 0) is 33.6 Å². The number of halogens is 1. The fraction of sp³-hybridized carbons (Fsp3) is 1.00. The Morgan fingerprint density at radius 1 is 0.667 bits per heavy atom. The normalized spacial score (nSPS) is 11.2. The molecule has 0 fully saturated rings. The van der Waals surface area contributed by atoms with Gasteiger partial charge in [-0.15, -0.1) is 0 Å². The van der Waals surface area contributed by atoms with Crippen LogP contribution in [0.15, 0.2) is 0 Å². The Balaban J connectivity index is 0. The molecule has 0 aliphatic rings. The first-order valence-corrected chi connectivity index (χ1v) is 6.59. The summed E-state index contributed by atoms with van der Waals surface area (Å²) in [5.41, 5.74) is 0. The molecule has 0 heterocycles. The third-order valence-electron chi connectivity index (χ3n) is 3.75. The monoisotopic (exact) mass is 279 g/mol. The molecule has 0 aromatic carbocycles. The summed E-state index contributed by atoms with van der Waals surface area (Å²) >= 11 is 0. The molecule has 2 heteroatoms. The molecule has 0 aliphatic carbocycles. The fourth-order valence-corrected chi connectivity index (χ4v) is 2.20. The number of rotatable bonds is 9. The minimum Gasteiger partial charge on any atom is -1.00 e. The van der Waals surface area contributed by atoms with Crippen LogP contribution >= 0.6 is 0 Å². The molecule has 0 amide bonds. The smallest absolute Gasteiger partial charge is 0.0786 e. The molecule has 0 radical (unpaired) electrons. The number of quaternary nitrogens is 1. The minimum absolute atomic E-state index is 0. The molecular formula is C13H30BrN. The van der Waals surface area contributed by atoms with Crippen LogP contribution in [0.2, 0.25) is 0 Å². The highest BCUT2D eigenvalue weighted by atomic mass is 79.9. The van der Waals surface area contributed by atoms with Gasteiger partial charge in [-0.25, -0.2) is 0 Å². The van der Waals surface area contributed by atoms with E-state index in [-0.39, 0.29) is 17.0 Å². The van der Waals surface area contributed by atoms with Crippen molar-refractivity contribution in [3.05, 3.63) is 0 Å². The van der Waals surface area contributed by atoms with Crippen LogP contribution < -0.4 is 17.0 Å². The van der Waals surface area contributed by atoms with Crippen molar-refractivity contribution in [1.82, 2.24) is 0 Å². The zero-order chi connectivity index (χ0) is 10.9. The highest BCUT2D eigenvalue weighted by molar-refractivity contribution is 4.44. The van der Waals surface area contributed by atoms with E-state index < -0.39 is 0 Å². The van der Waals surface area contributed by atoms with Crippen LogP contribution in [0.4, 0.5) is 0 Å². The van der Waals surface area contributed by atoms with E-state index in [1.165, 1.54) is 62.8 Å². The maximum Gasteiger partial charge on any atom is 0.0786 e. The average molecular weight is 280 g/mol. The van der Waals surface area contributed by atoms with Gasteiger partial charge < -0.3 is 21.5 Å². The summed E-state index contributed by atoms with van der Waals surface area (Å²) in [5, 5.41) is 0. The third-order valence-corrected chi connectivity index (χ3v) is 3.75. The summed E-state index contributed by atoms with van der Waals surface area (Å²) in [6, 6.07) is 0. The summed E-state index contributed by atoms with van der Waals surface area (Å²) in [6.45, 7) is 14.6. The lowest BCUT2D eigenvalue weighted by atomic mass is 10.1. The van der Waals surface area contributed by atoms with Crippen LogP contribution in [0.3, 0.4) is 0 Å². The minimum atomic E-state index is 0. The molecule has 0 spiro atoms. The van der Waals surface area contributed by atoms with Gasteiger partial charge in [0, 0.05) is 0 Å². The van der Waals surface area contributed by atoms with Crippen LogP contribution in [-0.2, 0) is 0 Å². The van der Waals surface area contributed by atoms with E-state index in [9.17, 15) is 0 Å². The molecule has 0 atom stereocenters. The first kappa shape index (κ1) is 17.8. The molecule has 0 saturated heterocycles. The summed E-state index contributed by atoms with van der Waals surface area (Å²) in [5.74, 6) is 0. The summed E-state index contributed by atoms with van der Waals surface area (Å²) in [7, 11) is 0. The molecule has 0 unspecified atom stereocenters. The zero-order valence-electron chi connectivity index (χ0n) is 11.2. The molecular weight excluding hydrogens is 250 g/mol. The first-order valence-electron chi connectivity index (χ1n) is 6.59. The van der Waals surface area contributed by atoms with Gasteiger partial charge in [0.2, 0.25) is 0 Å². The Morgan fingerprint density at radius 3 is 1.53 bits per heavy atom. The van der Waals surface area contributed by atoms with Crippen molar-refractivity contribution in [2.24, 2.45) is 0 Å². The maximum atomic E-state index is 2.33. The second-order valence-corrected chi connectivity index (χ2v) is 4.43. The van der Waals surface area contributed by atoms with E-state index in [4.69, 9.17) is 0 Å². The Labute approximate surface area is 108 Å². The van der Waals surface area contributed by atoms with Crippen molar-refractivity contribution in [1.29, 1.82) is 0 Å². The van der Waals surface area contributed by atoms with Gasteiger partial charge in [0.25, 0.3) is 0 Å². The third kappa shape index (κ3) is 7.35. The largest absolute Gasteiger partial charge is 1.00 e. The predicted molar refractivity (Wildman–Crippen MR) is 65.5 cm³/mol. The van der Waals surface area contributed by atoms with E-state index in [2.05, 4.69) is 27.7 Å². The predicted octanol–water partition coefficient (Wildman–Crippen LogP) is 0.837. The van der Waals surface area contributed by atoms with E-state index in [0.29, 0.717) is 0 Å². The summed E-state index contributed by atoms with van der Waals surface area (Å²) in [6.07, 6.45) is 7.08. The quantitative estimate of drug-likeness (QED) is 0.434. The molecule has 0 rings (SSSR count). The second kappa shape index (κ2) is 10.9. The van der Waals surface area contributed by atoms with Crippen LogP contribution in [0, 0.1) is 0 Å². The standard InChI is InChI=1S/C13H30N.BrH/c1-5-9-10-11-12-13-14(6-2,7-3)8-4;/h5-13H2,1-4H3;1H/q+1;/p-1. The van der Waals surface area contributed by atoms with Crippen molar-refractivity contribution in [3.63, 3.8) is 0 Å². The van der Waals surface area contributed by atoms with E-state index in [1.807, 2.05) is 0 Å². The SMILES string of the molecule is CCCCCCC[N+](CC)(CC)CC.[Br-]. The highest BCUT2D eigenvalue weighted by Gasteiger charge is 2.19. The number of hydrogen-bond donors (Lipinski definition) is 0. The Hall–Kier alpha value is 0.440. The maximum absolute atomic E-state index is 2.33. The van der Waals surface area contributed by atoms with Gasteiger partial charge in [-0.3, -0.25) is 0 Å². The highest BCUT2D eigenvalue weighted by Crippen LogP contribution is 2.10. The van der Waals surface area contributed by atoms with Gasteiger partial charge in [-0.2, -0.15) is 0 Å². The van der Waals surface area contributed by atoms with Crippen LogP contribution in [0.25, 0.3) is 0 Å². The molecule has 94 valence electrons. The van der Waals surface area contributed by atoms with Crippen molar-refractivity contribution in [2.75, 3.05) is 26.2 Å². The molecule has 0 saturated carbocycles. The van der Waals surface area contributed by atoms with Gasteiger partial charge in [0.1, 0.15) is 0 Å². The summed E-state index contributed by atoms with van der Waals surface area (Å²) in [4.78, 5) is 0. The lowest BCUT2D eigenvalue weighted by Gasteiger charge is -2.35.